The summed E-state index contributed by atoms with van der Waals surface area (Å²) in [4.78, 5) is 29.0. The number of hydrogen-bond acceptors (Lipinski definition) is 5. The van der Waals surface area contributed by atoms with Crippen molar-refractivity contribution >= 4 is 29.1 Å². The maximum atomic E-state index is 14.0. The number of alkyl halides is 2. The van der Waals surface area contributed by atoms with Gasteiger partial charge in [0.05, 0.1) is 6.54 Å². The maximum Gasteiger partial charge on any atom is 0.253 e. The zero-order valence-electron chi connectivity index (χ0n) is 25.0. The first-order chi connectivity index (χ1) is 22.2. The number of nitrogen functional groups attached to an aromatic ring is 1. The molecule has 0 atom stereocenters. The fourth-order valence-electron chi connectivity index (χ4n) is 5.57. The van der Waals surface area contributed by atoms with Gasteiger partial charge in [-0.3, -0.25) is 9.59 Å². The zero-order valence-corrected chi connectivity index (χ0v) is 25.0. The number of carbonyl (C=O) groups is 2. The number of rotatable bonds is 7. The summed E-state index contributed by atoms with van der Waals surface area (Å²) in [6, 6.07) is 22.8. The molecule has 46 heavy (non-hydrogen) atoms. The van der Waals surface area contributed by atoms with Crippen LogP contribution >= 0.6 is 0 Å². The number of anilines is 1. The number of likely N-dealkylation sites (tertiary alicyclic amines) is 1. The van der Waals surface area contributed by atoms with Gasteiger partial charge in [-0.05, 0) is 89.5 Å². The Morgan fingerprint density at radius 3 is 2.39 bits per heavy atom. The van der Waals surface area contributed by atoms with Crippen molar-refractivity contribution < 1.29 is 27.2 Å². The van der Waals surface area contributed by atoms with Gasteiger partial charge in [-0.25, -0.2) is 18.2 Å². The van der Waals surface area contributed by atoms with E-state index in [1.807, 2.05) is 30.5 Å². The molecule has 10 heteroatoms. The van der Waals surface area contributed by atoms with Crippen molar-refractivity contribution in [3.63, 3.8) is 0 Å². The number of nitrogens with two attached hydrogens (primary N) is 1. The summed E-state index contributed by atoms with van der Waals surface area (Å²) in [5.74, 6) is -1.40. The first-order valence-corrected chi connectivity index (χ1v) is 15.2. The van der Waals surface area contributed by atoms with E-state index < -0.39 is 5.92 Å². The van der Waals surface area contributed by atoms with Gasteiger partial charge in [0.25, 0.3) is 11.8 Å². The van der Waals surface area contributed by atoms with E-state index >= 15 is 0 Å². The summed E-state index contributed by atoms with van der Waals surface area (Å²) in [5, 5.41) is 3.36. The van der Waals surface area contributed by atoms with Crippen LogP contribution in [-0.4, -0.2) is 41.2 Å². The van der Waals surface area contributed by atoms with Gasteiger partial charge in [-0.1, -0.05) is 30.3 Å². The highest BCUT2D eigenvalue weighted by atomic mass is 19.3. The van der Waals surface area contributed by atoms with Gasteiger partial charge in [0.15, 0.2) is 0 Å². The molecule has 2 aliphatic rings. The van der Waals surface area contributed by atoms with Gasteiger partial charge in [0.2, 0.25) is 6.41 Å². The van der Waals surface area contributed by atoms with Crippen LogP contribution in [0.25, 0.3) is 33.2 Å². The fraction of sp³-hybridized carbons (Fsp3) is 0.250. The number of aromatic nitrogens is 1. The number of carbonyl (C=O) groups excluding carboxylic acids is 2. The minimum absolute atomic E-state index is 0.0308. The number of nitrogens with one attached hydrogen (secondary N) is 1. The maximum absolute atomic E-state index is 14.0. The fourth-order valence-corrected chi connectivity index (χ4v) is 5.57. The Balaban J connectivity index is 0.000000314. The van der Waals surface area contributed by atoms with E-state index in [-0.39, 0.29) is 44.2 Å². The van der Waals surface area contributed by atoms with Gasteiger partial charge >= 0.3 is 0 Å². The van der Waals surface area contributed by atoms with Gasteiger partial charge < -0.3 is 20.4 Å². The molecule has 3 aromatic carbocycles. The second-order valence-corrected chi connectivity index (χ2v) is 11.7. The lowest BCUT2D eigenvalue weighted by Crippen LogP contribution is -2.42. The van der Waals surface area contributed by atoms with E-state index in [2.05, 4.69) is 16.4 Å². The Morgan fingerprint density at radius 2 is 1.74 bits per heavy atom. The Bertz CT molecular complexity index is 1840. The average Bonchev–Trinajstić information content (AvgIpc) is 3.82. The number of benzene rings is 3. The van der Waals surface area contributed by atoms with Crippen LogP contribution in [0.4, 0.5) is 19.0 Å². The van der Waals surface area contributed by atoms with Gasteiger partial charge in [-0.15, -0.1) is 0 Å². The van der Waals surface area contributed by atoms with Gasteiger partial charge in [0.1, 0.15) is 23.0 Å². The van der Waals surface area contributed by atoms with Crippen molar-refractivity contribution in [3.8, 4) is 22.3 Å². The van der Waals surface area contributed by atoms with E-state index in [1.165, 1.54) is 35.4 Å². The summed E-state index contributed by atoms with van der Waals surface area (Å²) in [7, 11) is 0. The summed E-state index contributed by atoms with van der Waals surface area (Å²) >= 11 is 0. The van der Waals surface area contributed by atoms with Crippen molar-refractivity contribution in [2.24, 2.45) is 0 Å². The number of amides is 2. The Labute approximate surface area is 264 Å². The molecule has 0 spiro atoms. The predicted molar refractivity (Wildman–Crippen MR) is 171 cm³/mol. The molecule has 2 aromatic heterocycles. The van der Waals surface area contributed by atoms with Gasteiger partial charge in [0, 0.05) is 48.6 Å². The Kier molecular flexibility index (Phi) is 8.78. The average molecular weight is 627 g/mol. The number of hydrogen-bond donors (Lipinski definition) is 2. The molecule has 236 valence electrons. The Hall–Kier alpha value is -5.12. The SMILES string of the molecule is Nc1ccc(C2CC2)cn1.O=CNCc1cc2cc(-c3ccc(C(=O)N4CCC(F)(F)CC4)cc3)cc(-c3cccc(F)c3)c2o1. The highest BCUT2D eigenvalue weighted by Crippen LogP contribution is 2.40. The minimum Gasteiger partial charge on any atom is -0.459 e. The molecule has 1 saturated heterocycles. The quantitative estimate of drug-likeness (QED) is 0.182. The van der Waals surface area contributed by atoms with Crippen molar-refractivity contribution in [2.75, 3.05) is 18.8 Å². The summed E-state index contributed by atoms with van der Waals surface area (Å²) in [6.45, 7) is 0.279. The van der Waals surface area contributed by atoms with Crippen LogP contribution in [0.5, 0.6) is 0 Å². The standard InChI is InChI=1S/C28H23F3N2O3.C8H10N2/c29-23-3-1-2-20(13-23)25-15-21(12-22-14-24(16-32-17-34)36-26(22)25)18-4-6-19(7-5-18)27(35)33-10-8-28(30,31)9-11-33;9-8-4-3-7(5-10-8)6-1-2-6/h1-7,12-15,17H,8-11,16H2,(H,32,34);3-6H,1-2H2,(H2,9,10). The molecule has 3 N–H and O–H groups in total. The first kappa shape index (κ1) is 30.9. The van der Waals surface area contributed by atoms with E-state index in [9.17, 15) is 22.8 Å². The van der Waals surface area contributed by atoms with E-state index in [0.717, 1.165) is 22.4 Å². The van der Waals surface area contributed by atoms with Gasteiger partial charge in [-0.2, -0.15) is 0 Å². The summed E-state index contributed by atoms with van der Waals surface area (Å²) in [5.41, 5.74) is 10.8. The third kappa shape index (κ3) is 7.22. The van der Waals surface area contributed by atoms with Crippen molar-refractivity contribution in [1.29, 1.82) is 0 Å². The Morgan fingerprint density at radius 1 is 0.978 bits per heavy atom. The number of pyridine rings is 1. The lowest BCUT2D eigenvalue weighted by Gasteiger charge is -2.31. The molecular formula is C36H33F3N4O3. The van der Waals surface area contributed by atoms with E-state index in [4.69, 9.17) is 10.2 Å². The van der Waals surface area contributed by atoms with Crippen LogP contribution in [0.3, 0.4) is 0 Å². The molecule has 2 fully saturated rings. The van der Waals surface area contributed by atoms with Crippen LogP contribution in [-0.2, 0) is 11.3 Å². The highest BCUT2D eigenvalue weighted by molar-refractivity contribution is 5.98. The lowest BCUT2D eigenvalue weighted by molar-refractivity contribution is -0.109. The molecule has 0 unspecified atom stereocenters. The minimum atomic E-state index is -2.71. The number of piperidine rings is 1. The van der Waals surface area contributed by atoms with Crippen LogP contribution in [0.1, 0.15) is 53.3 Å². The molecule has 1 saturated carbocycles. The second kappa shape index (κ2) is 13.1. The lowest BCUT2D eigenvalue weighted by atomic mass is 9.96. The van der Waals surface area contributed by atoms with Crippen LogP contribution in [0.15, 0.2) is 89.5 Å². The summed E-state index contributed by atoms with van der Waals surface area (Å²) < 4.78 is 46.9. The summed E-state index contributed by atoms with van der Waals surface area (Å²) in [6.07, 6.45) is 4.47. The monoisotopic (exact) mass is 626 g/mol. The zero-order chi connectivity index (χ0) is 32.3. The molecule has 5 aromatic rings. The third-order valence-corrected chi connectivity index (χ3v) is 8.27. The van der Waals surface area contributed by atoms with E-state index in [0.29, 0.717) is 40.3 Å². The normalized spacial score (nSPS) is 15.6. The smallest absolute Gasteiger partial charge is 0.253 e. The third-order valence-electron chi connectivity index (χ3n) is 8.27. The number of fused-ring (bicyclic) bond motifs is 1. The van der Waals surface area contributed by atoms with Crippen LogP contribution in [0.2, 0.25) is 0 Å². The first-order valence-electron chi connectivity index (χ1n) is 15.2. The molecule has 0 radical (unpaired) electrons. The predicted octanol–water partition coefficient (Wildman–Crippen LogP) is 7.56. The topological polar surface area (TPSA) is 101 Å². The van der Waals surface area contributed by atoms with Crippen molar-refractivity contribution in [1.82, 2.24) is 15.2 Å². The van der Waals surface area contributed by atoms with Crippen molar-refractivity contribution in [3.05, 3.63) is 108 Å². The number of nitrogens with zero attached hydrogens (tertiary/aromatic N) is 2. The number of furan rings is 1. The molecule has 7 rings (SSSR count). The molecule has 3 heterocycles. The molecular weight excluding hydrogens is 593 g/mol. The molecule has 1 aliphatic carbocycles. The van der Waals surface area contributed by atoms with Crippen molar-refractivity contribution in [2.45, 2.75) is 44.1 Å². The molecule has 1 aliphatic heterocycles. The second-order valence-electron chi connectivity index (χ2n) is 11.7. The molecule has 7 nitrogen and oxygen atoms in total. The molecule has 0 bridgehead atoms. The molecule has 2 amide bonds. The van der Waals surface area contributed by atoms with E-state index in [1.54, 1.807) is 36.4 Å². The largest absolute Gasteiger partial charge is 0.459 e. The number of halogens is 3. The van der Waals surface area contributed by atoms with Crippen LogP contribution < -0.4 is 11.1 Å². The highest BCUT2D eigenvalue weighted by Gasteiger charge is 2.35. The van der Waals surface area contributed by atoms with Crippen LogP contribution in [0, 0.1) is 5.82 Å².